The molecule has 0 unspecified atom stereocenters. The van der Waals surface area contributed by atoms with Crippen molar-refractivity contribution < 1.29 is 5.11 Å². The van der Waals surface area contributed by atoms with E-state index in [0.29, 0.717) is 5.75 Å². The van der Waals surface area contributed by atoms with E-state index in [0.717, 1.165) is 18.5 Å². The quantitative estimate of drug-likeness (QED) is 0.735. The van der Waals surface area contributed by atoms with Crippen LogP contribution in [-0.2, 0) is 6.42 Å². The molecule has 0 fully saturated rings. The van der Waals surface area contributed by atoms with Crippen molar-refractivity contribution in [2.75, 3.05) is 13.6 Å². The normalized spacial score (nSPS) is 9.92. The van der Waals surface area contributed by atoms with Crippen LogP contribution in [0.1, 0.15) is 11.1 Å². The van der Waals surface area contributed by atoms with Gasteiger partial charge in [-0.05, 0) is 37.7 Å². The van der Waals surface area contributed by atoms with Gasteiger partial charge in [0.25, 0.3) is 0 Å². The number of hydrogen-bond acceptors (Lipinski definition) is 2. The van der Waals surface area contributed by atoms with Gasteiger partial charge in [-0.25, -0.2) is 0 Å². The van der Waals surface area contributed by atoms with Crippen LogP contribution < -0.4 is 5.32 Å². The molecular formula is C11H15NO. The van der Waals surface area contributed by atoms with Crippen molar-refractivity contribution in [3.63, 3.8) is 0 Å². The molecule has 0 spiro atoms. The third kappa shape index (κ3) is 2.60. The molecule has 0 aliphatic rings. The van der Waals surface area contributed by atoms with Crippen molar-refractivity contribution in [2.45, 2.75) is 6.42 Å². The van der Waals surface area contributed by atoms with Gasteiger partial charge in [0.15, 0.2) is 0 Å². The summed E-state index contributed by atoms with van der Waals surface area (Å²) >= 11 is 0. The molecule has 0 aliphatic carbocycles. The molecule has 1 aromatic rings. The smallest absolute Gasteiger partial charge is 0.122 e. The Kier molecular flexibility index (Phi) is 3.53. The van der Waals surface area contributed by atoms with Crippen LogP contribution in [0.2, 0.25) is 0 Å². The minimum Gasteiger partial charge on any atom is -0.507 e. The predicted molar refractivity (Wildman–Crippen MR) is 55.8 cm³/mol. The lowest BCUT2D eigenvalue weighted by Crippen LogP contribution is -2.10. The summed E-state index contributed by atoms with van der Waals surface area (Å²) in [6.07, 6.45) is 2.63. The van der Waals surface area contributed by atoms with Crippen molar-refractivity contribution in [1.29, 1.82) is 0 Å². The molecule has 0 aromatic heterocycles. The van der Waals surface area contributed by atoms with Gasteiger partial charge in [-0.2, -0.15) is 0 Å². The fourth-order valence-electron chi connectivity index (χ4n) is 1.19. The molecule has 2 heteroatoms. The van der Waals surface area contributed by atoms with E-state index in [1.807, 2.05) is 19.2 Å². The molecule has 13 heavy (non-hydrogen) atoms. The Morgan fingerprint density at radius 3 is 2.92 bits per heavy atom. The van der Waals surface area contributed by atoms with E-state index in [1.54, 1.807) is 12.1 Å². The van der Waals surface area contributed by atoms with Crippen LogP contribution in [0.15, 0.2) is 24.8 Å². The van der Waals surface area contributed by atoms with E-state index < -0.39 is 0 Å². The largest absolute Gasteiger partial charge is 0.507 e. The summed E-state index contributed by atoms with van der Waals surface area (Å²) in [7, 11) is 1.93. The van der Waals surface area contributed by atoms with Gasteiger partial charge in [-0.1, -0.05) is 18.7 Å². The molecule has 2 N–H and O–H groups in total. The van der Waals surface area contributed by atoms with E-state index in [2.05, 4.69) is 11.9 Å². The summed E-state index contributed by atoms with van der Waals surface area (Å²) in [4.78, 5) is 0. The highest BCUT2D eigenvalue weighted by atomic mass is 16.3. The standard InChI is InChI=1S/C11H15NO/c1-3-10-8-9(6-7-12-2)4-5-11(10)13/h3-5,8,12-13H,1,6-7H2,2H3. The molecule has 0 heterocycles. The minimum atomic E-state index is 0.295. The number of aromatic hydroxyl groups is 1. The van der Waals surface area contributed by atoms with Crippen LogP contribution in [0.5, 0.6) is 5.75 Å². The Morgan fingerprint density at radius 2 is 2.31 bits per heavy atom. The Hall–Kier alpha value is -1.28. The Bertz CT molecular complexity index is 294. The maximum Gasteiger partial charge on any atom is 0.122 e. The van der Waals surface area contributed by atoms with Gasteiger partial charge < -0.3 is 10.4 Å². The fraction of sp³-hybridized carbons (Fsp3) is 0.273. The summed E-state index contributed by atoms with van der Waals surface area (Å²) in [5, 5.41) is 12.5. The number of likely N-dealkylation sites (N-methyl/N-ethyl adjacent to an activating group) is 1. The van der Waals surface area contributed by atoms with Crippen molar-refractivity contribution in [2.24, 2.45) is 0 Å². The number of phenols is 1. The number of nitrogens with one attached hydrogen (secondary N) is 1. The van der Waals surface area contributed by atoms with E-state index in [4.69, 9.17) is 0 Å². The second-order valence-electron chi connectivity index (χ2n) is 2.95. The minimum absolute atomic E-state index is 0.295. The molecule has 0 saturated carbocycles. The highest BCUT2D eigenvalue weighted by Crippen LogP contribution is 2.19. The van der Waals surface area contributed by atoms with Gasteiger partial charge in [0, 0.05) is 5.56 Å². The zero-order valence-electron chi connectivity index (χ0n) is 7.88. The molecule has 1 aromatic carbocycles. The third-order valence-corrected chi connectivity index (χ3v) is 1.98. The molecular weight excluding hydrogens is 162 g/mol. The summed E-state index contributed by atoms with van der Waals surface area (Å²) in [6, 6.07) is 5.60. The van der Waals surface area contributed by atoms with Crippen LogP contribution in [-0.4, -0.2) is 18.7 Å². The van der Waals surface area contributed by atoms with E-state index >= 15 is 0 Å². The molecule has 0 radical (unpaired) electrons. The second kappa shape index (κ2) is 4.67. The van der Waals surface area contributed by atoms with Gasteiger partial charge in [-0.15, -0.1) is 0 Å². The highest BCUT2D eigenvalue weighted by molar-refractivity contribution is 5.56. The SMILES string of the molecule is C=Cc1cc(CCNC)ccc1O. The molecule has 1 rings (SSSR count). The van der Waals surface area contributed by atoms with Crippen LogP contribution in [0.3, 0.4) is 0 Å². The first-order chi connectivity index (χ1) is 6.27. The lowest BCUT2D eigenvalue weighted by molar-refractivity contribution is 0.474. The van der Waals surface area contributed by atoms with Gasteiger partial charge in [-0.3, -0.25) is 0 Å². The van der Waals surface area contributed by atoms with Crippen molar-refractivity contribution in [1.82, 2.24) is 5.32 Å². The average Bonchev–Trinajstić information content (AvgIpc) is 2.16. The van der Waals surface area contributed by atoms with E-state index in [9.17, 15) is 5.11 Å². The summed E-state index contributed by atoms with van der Waals surface area (Å²) in [6.45, 7) is 4.58. The first-order valence-electron chi connectivity index (χ1n) is 4.37. The highest BCUT2D eigenvalue weighted by Gasteiger charge is 1.98. The van der Waals surface area contributed by atoms with Crippen molar-refractivity contribution >= 4 is 6.08 Å². The van der Waals surface area contributed by atoms with Crippen LogP contribution in [0, 0.1) is 0 Å². The van der Waals surface area contributed by atoms with Crippen molar-refractivity contribution in [3.8, 4) is 5.75 Å². The topological polar surface area (TPSA) is 32.3 Å². The van der Waals surface area contributed by atoms with Gasteiger partial charge >= 0.3 is 0 Å². The average molecular weight is 177 g/mol. The summed E-state index contributed by atoms with van der Waals surface area (Å²) in [5.74, 6) is 0.295. The number of phenolic OH excluding ortho intramolecular Hbond substituents is 1. The first-order valence-corrected chi connectivity index (χ1v) is 4.37. The monoisotopic (exact) mass is 177 g/mol. The van der Waals surface area contributed by atoms with Crippen LogP contribution in [0.4, 0.5) is 0 Å². The van der Waals surface area contributed by atoms with E-state index in [-0.39, 0.29) is 0 Å². The predicted octanol–water partition coefficient (Wildman–Crippen LogP) is 1.80. The van der Waals surface area contributed by atoms with Gasteiger partial charge in [0.05, 0.1) is 0 Å². The van der Waals surface area contributed by atoms with Crippen LogP contribution in [0.25, 0.3) is 6.08 Å². The molecule has 2 nitrogen and oxygen atoms in total. The second-order valence-corrected chi connectivity index (χ2v) is 2.95. The molecule has 0 saturated heterocycles. The summed E-state index contributed by atoms with van der Waals surface area (Å²) < 4.78 is 0. The van der Waals surface area contributed by atoms with Crippen molar-refractivity contribution in [3.05, 3.63) is 35.9 Å². The zero-order valence-corrected chi connectivity index (χ0v) is 7.88. The van der Waals surface area contributed by atoms with Crippen LogP contribution >= 0.6 is 0 Å². The lowest BCUT2D eigenvalue weighted by Gasteiger charge is -2.03. The lowest BCUT2D eigenvalue weighted by atomic mass is 10.1. The first kappa shape index (κ1) is 9.81. The summed E-state index contributed by atoms with van der Waals surface area (Å²) in [5.41, 5.74) is 2.01. The maximum atomic E-state index is 9.37. The molecule has 0 aliphatic heterocycles. The maximum absolute atomic E-state index is 9.37. The third-order valence-electron chi connectivity index (χ3n) is 1.98. The molecule has 0 amide bonds. The number of hydrogen-bond donors (Lipinski definition) is 2. The molecule has 0 bridgehead atoms. The Labute approximate surface area is 78.9 Å². The molecule has 70 valence electrons. The zero-order chi connectivity index (χ0) is 9.68. The fourth-order valence-corrected chi connectivity index (χ4v) is 1.19. The van der Waals surface area contributed by atoms with Gasteiger partial charge in [0.1, 0.15) is 5.75 Å². The Balaban J connectivity index is 2.80. The number of rotatable bonds is 4. The van der Waals surface area contributed by atoms with Gasteiger partial charge in [0.2, 0.25) is 0 Å². The molecule has 0 atom stereocenters. The number of benzene rings is 1. The van der Waals surface area contributed by atoms with E-state index in [1.165, 1.54) is 5.56 Å². The Morgan fingerprint density at radius 1 is 1.54 bits per heavy atom.